The zero-order valence-corrected chi connectivity index (χ0v) is 11.6. The van der Waals surface area contributed by atoms with Crippen LogP contribution in [0.5, 0.6) is 0 Å². The molecule has 0 spiro atoms. The third-order valence-electron chi connectivity index (χ3n) is 2.95. The minimum atomic E-state index is 0.829. The molecule has 0 radical (unpaired) electrons. The van der Waals surface area contributed by atoms with Crippen molar-refractivity contribution >= 4 is 0 Å². The number of unbranched alkanes of at least 4 members (excludes halogenated alkanes) is 4. The second-order valence-electron chi connectivity index (χ2n) is 4.78. The van der Waals surface area contributed by atoms with Crippen molar-refractivity contribution in [2.75, 3.05) is 19.6 Å². The Balaban J connectivity index is 1.81. The van der Waals surface area contributed by atoms with Crippen molar-refractivity contribution in [3.8, 4) is 0 Å². The zero-order valence-electron chi connectivity index (χ0n) is 11.6. The lowest BCUT2D eigenvalue weighted by molar-refractivity contribution is 0.515. The molecule has 3 N–H and O–H groups in total. The summed E-state index contributed by atoms with van der Waals surface area (Å²) in [5.41, 5.74) is 6.44. The average Bonchev–Trinajstić information content (AvgIpc) is 2.77. The standard InChI is InChI=1S/C13H27N5/c1-13-12-18(17-16-13)11-7-6-10-15-9-5-3-2-4-8-14/h12,15H,2-11,14H2,1H3. The maximum atomic E-state index is 5.45. The molecule has 18 heavy (non-hydrogen) atoms. The van der Waals surface area contributed by atoms with E-state index in [0.29, 0.717) is 0 Å². The van der Waals surface area contributed by atoms with E-state index >= 15 is 0 Å². The summed E-state index contributed by atoms with van der Waals surface area (Å²) in [6, 6.07) is 0. The lowest BCUT2D eigenvalue weighted by Gasteiger charge is -2.04. The molecule has 0 aliphatic heterocycles. The molecule has 1 aromatic rings. The largest absolute Gasteiger partial charge is 0.330 e. The lowest BCUT2D eigenvalue weighted by atomic mass is 10.2. The summed E-state index contributed by atoms with van der Waals surface area (Å²) in [7, 11) is 0. The summed E-state index contributed by atoms with van der Waals surface area (Å²) >= 11 is 0. The van der Waals surface area contributed by atoms with Gasteiger partial charge < -0.3 is 11.1 Å². The first kappa shape index (κ1) is 15.1. The van der Waals surface area contributed by atoms with Crippen molar-refractivity contribution < 1.29 is 0 Å². The Morgan fingerprint density at radius 2 is 1.83 bits per heavy atom. The van der Waals surface area contributed by atoms with E-state index in [1.807, 2.05) is 17.8 Å². The molecule has 0 atom stereocenters. The third kappa shape index (κ3) is 7.40. The van der Waals surface area contributed by atoms with Crippen LogP contribution in [0.15, 0.2) is 6.20 Å². The van der Waals surface area contributed by atoms with E-state index in [0.717, 1.165) is 44.7 Å². The molecule has 1 rings (SSSR count). The summed E-state index contributed by atoms with van der Waals surface area (Å²) in [5.74, 6) is 0. The predicted octanol–water partition coefficient (Wildman–Crippen LogP) is 1.48. The van der Waals surface area contributed by atoms with Gasteiger partial charge in [-0.1, -0.05) is 18.1 Å². The van der Waals surface area contributed by atoms with Crippen LogP contribution >= 0.6 is 0 Å². The Bertz CT molecular complexity index is 297. The van der Waals surface area contributed by atoms with Gasteiger partial charge in [-0.15, -0.1) is 5.10 Å². The Kier molecular flexibility index (Phi) is 8.42. The average molecular weight is 253 g/mol. The van der Waals surface area contributed by atoms with Crippen LogP contribution in [0.3, 0.4) is 0 Å². The molecule has 1 heterocycles. The number of nitrogens with two attached hydrogens (primary N) is 1. The molecule has 0 fully saturated rings. The molecule has 0 aromatic carbocycles. The molecule has 0 unspecified atom stereocenters. The second-order valence-corrected chi connectivity index (χ2v) is 4.78. The number of hydrogen-bond donors (Lipinski definition) is 2. The fourth-order valence-electron chi connectivity index (χ4n) is 1.90. The Morgan fingerprint density at radius 3 is 2.50 bits per heavy atom. The van der Waals surface area contributed by atoms with Gasteiger partial charge in [0.25, 0.3) is 0 Å². The van der Waals surface area contributed by atoms with Gasteiger partial charge in [0.1, 0.15) is 0 Å². The highest BCUT2D eigenvalue weighted by Crippen LogP contribution is 1.98. The Morgan fingerprint density at radius 1 is 1.11 bits per heavy atom. The van der Waals surface area contributed by atoms with Gasteiger partial charge >= 0.3 is 0 Å². The summed E-state index contributed by atoms with van der Waals surface area (Å²) < 4.78 is 1.92. The molecule has 0 saturated carbocycles. The number of nitrogens with zero attached hydrogens (tertiary/aromatic N) is 3. The maximum Gasteiger partial charge on any atom is 0.0796 e. The van der Waals surface area contributed by atoms with E-state index in [-0.39, 0.29) is 0 Å². The van der Waals surface area contributed by atoms with Gasteiger partial charge in [-0.3, -0.25) is 4.68 Å². The highest BCUT2D eigenvalue weighted by Gasteiger charge is 1.95. The fraction of sp³-hybridized carbons (Fsp3) is 0.846. The molecular weight excluding hydrogens is 226 g/mol. The normalized spacial score (nSPS) is 11.0. The second kappa shape index (κ2) is 10.0. The minimum absolute atomic E-state index is 0.829. The van der Waals surface area contributed by atoms with Crippen LogP contribution in [0.4, 0.5) is 0 Å². The van der Waals surface area contributed by atoms with E-state index in [9.17, 15) is 0 Å². The predicted molar refractivity (Wildman–Crippen MR) is 74.4 cm³/mol. The zero-order chi connectivity index (χ0) is 13.1. The molecule has 104 valence electrons. The Hall–Kier alpha value is -0.940. The summed E-state index contributed by atoms with van der Waals surface area (Å²) in [5, 5.41) is 11.5. The van der Waals surface area contributed by atoms with Crippen LogP contribution in [0.1, 0.15) is 44.2 Å². The summed E-state index contributed by atoms with van der Waals surface area (Å²) in [4.78, 5) is 0. The highest BCUT2D eigenvalue weighted by molar-refractivity contribution is 4.86. The minimum Gasteiger partial charge on any atom is -0.330 e. The first-order valence-corrected chi connectivity index (χ1v) is 7.10. The van der Waals surface area contributed by atoms with Gasteiger partial charge in [0.2, 0.25) is 0 Å². The monoisotopic (exact) mass is 253 g/mol. The first-order valence-electron chi connectivity index (χ1n) is 7.10. The van der Waals surface area contributed by atoms with Crippen molar-refractivity contribution in [1.82, 2.24) is 20.3 Å². The van der Waals surface area contributed by atoms with Gasteiger partial charge in [0, 0.05) is 12.7 Å². The van der Waals surface area contributed by atoms with Crippen molar-refractivity contribution in [1.29, 1.82) is 0 Å². The van der Waals surface area contributed by atoms with Crippen molar-refractivity contribution in [3.05, 3.63) is 11.9 Å². The molecular formula is C13H27N5. The van der Waals surface area contributed by atoms with E-state index in [1.54, 1.807) is 0 Å². The summed E-state index contributed by atoms with van der Waals surface area (Å²) in [6.45, 7) is 6.00. The van der Waals surface area contributed by atoms with Crippen LogP contribution in [-0.4, -0.2) is 34.6 Å². The molecule has 0 aliphatic rings. The summed E-state index contributed by atoms with van der Waals surface area (Å²) in [6.07, 6.45) is 9.33. The number of aromatic nitrogens is 3. The molecule has 0 aliphatic carbocycles. The fourth-order valence-corrected chi connectivity index (χ4v) is 1.90. The third-order valence-corrected chi connectivity index (χ3v) is 2.95. The van der Waals surface area contributed by atoms with Crippen LogP contribution < -0.4 is 11.1 Å². The number of rotatable bonds is 11. The molecule has 0 amide bonds. The van der Waals surface area contributed by atoms with Crippen molar-refractivity contribution in [2.24, 2.45) is 5.73 Å². The van der Waals surface area contributed by atoms with Crippen molar-refractivity contribution in [2.45, 2.75) is 52.0 Å². The highest BCUT2D eigenvalue weighted by atomic mass is 15.4. The van der Waals surface area contributed by atoms with Gasteiger partial charge in [-0.2, -0.15) is 0 Å². The van der Waals surface area contributed by atoms with E-state index in [1.165, 1.54) is 25.7 Å². The van der Waals surface area contributed by atoms with Crippen LogP contribution in [0, 0.1) is 6.92 Å². The molecule has 1 aromatic heterocycles. The van der Waals surface area contributed by atoms with E-state index < -0.39 is 0 Å². The van der Waals surface area contributed by atoms with Gasteiger partial charge in [-0.05, 0) is 52.2 Å². The number of nitrogens with one attached hydrogen (secondary N) is 1. The first-order chi connectivity index (χ1) is 8.83. The molecule has 0 bridgehead atoms. The SMILES string of the molecule is Cc1cn(CCCCNCCCCCCN)nn1. The van der Waals surface area contributed by atoms with E-state index in [2.05, 4.69) is 15.6 Å². The topological polar surface area (TPSA) is 68.8 Å². The van der Waals surface area contributed by atoms with Crippen molar-refractivity contribution in [3.63, 3.8) is 0 Å². The quantitative estimate of drug-likeness (QED) is 0.586. The van der Waals surface area contributed by atoms with Crippen LogP contribution in [0.2, 0.25) is 0 Å². The van der Waals surface area contributed by atoms with Crippen LogP contribution in [-0.2, 0) is 6.54 Å². The van der Waals surface area contributed by atoms with Gasteiger partial charge in [-0.25, -0.2) is 0 Å². The number of aryl methyl sites for hydroxylation is 2. The smallest absolute Gasteiger partial charge is 0.0796 e. The molecule has 5 nitrogen and oxygen atoms in total. The van der Waals surface area contributed by atoms with Gasteiger partial charge in [0.05, 0.1) is 5.69 Å². The molecule has 5 heteroatoms. The van der Waals surface area contributed by atoms with Crippen LogP contribution in [0.25, 0.3) is 0 Å². The lowest BCUT2D eigenvalue weighted by Crippen LogP contribution is -2.17. The number of hydrogen-bond acceptors (Lipinski definition) is 4. The van der Waals surface area contributed by atoms with Gasteiger partial charge in [0.15, 0.2) is 0 Å². The Labute approximate surface area is 110 Å². The van der Waals surface area contributed by atoms with E-state index in [4.69, 9.17) is 5.73 Å². The molecule has 0 saturated heterocycles. The maximum absolute atomic E-state index is 5.45.